The maximum atomic E-state index is 12.7. The van der Waals surface area contributed by atoms with E-state index in [9.17, 15) is 4.79 Å². The van der Waals surface area contributed by atoms with Crippen molar-refractivity contribution in [2.24, 2.45) is 11.7 Å². The van der Waals surface area contributed by atoms with Gasteiger partial charge in [-0.1, -0.05) is 35.5 Å². The van der Waals surface area contributed by atoms with Crippen molar-refractivity contribution in [1.29, 1.82) is 0 Å². The smallest absolute Gasteiger partial charge is 0.227 e. The zero-order valence-electron chi connectivity index (χ0n) is 15.0. The summed E-state index contributed by atoms with van der Waals surface area (Å²) in [5, 5.41) is 7.93. The Balaban J connectivity index is 1.36. The SMILES string of the molecule is NC[C@@H]1CN(C(=O)CCc2nc(-c3ccsc3)no2)C[C@H]1c1ccccc1. The summed E-state index contributed by atoms with van der Waals surface area (Å²) in [7, 11) is 0. The first-order valence-electron chi connectivity index (χ1n) is 9.12. The summed E-state index contributed by atoms with van der Waals surface area (Å²) in [6, 6.07) is 12.3. The summed E-state index contributed by atoms with van der Waals surface area (Å²) >= 11 is 1.59. The van der Waals surface area contributed by atoms with Crippen molar-refractivity contribution in [1.82, 2.24) is 15.0 Å². The number of carbonyl (C=O) groups is 1. The Labute approximate surface area is 162 Å². The average molecular weight is 382 g/mol. The average Bonchev–Trinajstić information content (AvgIpc) is 3.46. The first-order valence-corrected chi connectivity index (χ1v) is 10.1. The maximum absolute atomic E-state index is 12.7. The Bertz CT molecular complexity index is 879. The van der Waals surface area contributed by atoms with Gasteiger partial charge in [0.25, 0.3) is 0 Å². The van der Waals surface area contributed by atoms with E-state index in [1.165, 1.54) is 5.56 Å². The number of carbonyl (C=O) groups excluding carboxylic acids is 1. The topological polar surface area (TPSA) is 85.2 Å². The molecule has 3 aromatic rings. The quantitative estimate of drug-likeness (QED) is 0.708. The fourth-order valence-corrected chi connectivity index (χ4v) is 4.26. The number of nitrogens with two attached hydrogens (primary N) is 1. The maximum Gasteiger partial charge on any atom is 0.227 e. The second kappa shape index (κ2) is 8.02. The first-order chi connectivity index (χ1) is 13.2. The van der Waals surface area contributed by atoms with Crippen molar-refractivity contribution in [3.05, 3.63) is 58.6 Å². The Kier molecular flexibility index (Phi) is 5.31. The second-order valence-electron chi connectivity index (χ2n) is 6.84. The molecule has 1 fully saturated rings. The van der Waals surface area contributed by atoms with Crippen molar-refractivity contribution in [3.8, 4) is 11.4 Å². The molecule has 7 heteroatoms. The molecular formula is C20H22N4O2S. The van der Waals surface area contributed by atoms with Gasteiger partial charge in [-0.3, -0.25) is 4.79 Å². The van der Waals surface area contributed by atoms with E-state index in [0.29, 0.717) is 56.0 Å². The van der Waals surface area contributed by atoms with Crippen LogP contribution in [0.1, 0.15) is 23.8 Å². The van der Waals surface area contributed by atoms with Gasteiger partial charge in [-0.05, 0) is 29.5 Å². The second-order valence-corrected chi connectivity index (χ2v) is 7.62. The molecule has 140 valence electrons. The number of hydrogen-bond acceptors (Lipinski definition) is 6. The number of hydrogen-bond donors (Lipinski definition) is 1. The predicted molar refractivity (Wildman–Crippen MR) is 104 cm³/mol. The van der Waals surface area contributed by atoms with Gasteiger partial charge in [-0.2, -0.15) is 16.3 Å². The van der Waals surface area contributed by atoms with E-state index < -0.39 is 0 Å². The molecule has 1 amide bonds. The zero-order chi connectivity index (χ0) is 18.6. The van der Waals surface area contributed by atoms with E-state index in [1.54, 1.807) is 11.3 Å². The third kappa shape index (κ3) is 3.94. The lowest BCUT2D eigenvalue weighted by atomic mass is 9.89. The largest absolute Gasteiger partial charge is 0.342 e. The summed E-state index contributed by atoms with van der Waals surface area (Å²) in [4.78, 5) is 19.0. The molecule has 0 radical (unpaired) electrons. The van der Waals surface area contributed by atoms with Gasteiger partial charge in [0.05, 0.1) is 0 Å². The van der Waals surface area contributed by atoms with Gasteiger partial charge < -0.3 is 15.2 Å². The van der Waals surface area contributed by atoms with Gasteiger partial charge >= 0.3 is 0 Å². The van der Waals surface area contributed by atoms with Crippen LogP contribution in [0.5, 0.6) is 0 Å². The highest BCUT2D eigenvalue weighted by Crippen LogP contribution is 2.32. The van der Waals surface area contributed by atoms with Crippen LogP contribution in [0.2, 0.25) is 0 Å². The van der Waals surface area contributed by atoms with E-state index in [2.05, 4.69) is 22.3 Å². The first kappa shape index (κ1) is 17.9. The lowest BCUT2D eigenvalue weighted by Crippen LogP contribution is -2.30. The molecule has 2 atom stereocenters. The third-order valence-corrected chi connectivity index (χ3v) is 5.81. The molecule has 1 aliphatic heterocycles. The molecule has 1 aliphatic rings. The molecule has 0 spiro atoms. The number of nitrogens with zero attached hydrogens (tertiary/aromatic N) is 3. The van der Waals surface area contributed by atoms with Crippen LogP contribution < -0.4 is 5.73 Å². The Morgan fingerprint density at radius 3 is 2.85 bits per heavy atom. The van der Waals surface area contributed by atoms with Gasteiger partial charge in [-0.25, -0.2) is 0 Å². The van der Waals surface area contributed by atoms with Gasteiger partial charge in [0, 0.05) is 42.8 Å². The van der Waals surface area contributed by atoms with Gasteiger partial charge in [0.15, 0.2) is 0 Å². The molecule has 0 bridgehead atoms. The third-order valence-electron chi connectivity index (χ3n) is 5.12. The minimum Gasteiger partial charge on any atom is -0.342 e. The fourth-order valence-electron chi connectivity index (χ4n) is 3.63. The van der Waals surface area contributed by atoms with Crippen LogP contribution in [0, 0.1) is 5.92 Å². The molecule has 2 aromatic heterocycles. The normalized spacial score (nSPS) is 19.5. The Hall–Kier alpha value is -2.51. The number of aryl methyl sites for hydroxylation is 1. The number of likely N-dealkylation sites (tertiary alicyclic amines) is 1. The number of rotatable bonds is 6. The minimum absolute atomic E-state index is 0.113. The summed E-state index contributed by atoms with van der Waals surface area (Å²) in [5.41, 5.74) is 8.16. The lowest BCUT2D eigenvalue weighted by Gasteiger charge is -2.16. The van der Waals surface area contributed by atoms with Gasteiger partial charge in [-0.15, -0.1) is 0 Å². The fraction of sp³-hybridized carbons (Fsp3) is 0.350. The Morgan fingerprint density at radius 2 is 2.11 bits per heavy atom. The van der Waals surface area contributed by atoms with E-state index in [0.717, 1.165) is 5.56 Å². The highest BCUT2D eigenvalue weighted by molar-refractivity contribution is 7.08. The minimum atomic E-state index is 0.113. The van der Waals surface area contributed by atoms with Crippen molar-refractivity contribution in [2.45, 2.75) is 18.8 Å². The summed E-state index contributed by atoms with van der Waals surface area (Å²) in [6.07, 6.45) is 0.819. The molecule has 6 nitrogen and oxygen atoms in total. The molecule has 4 rings (SSSR count). The molecule has 1 aromatic carbocycles. The van der Waals surface area contributed by atoms with Crippen LogP contribution in [0.4, 0.5) is 0 Å². The number of benzene rings is 1. The standard InChI is InChI=1S/C20H22N4O2S/c21-10-16-11-24(12-17(16)14-4-2-1-3-5-14)19(25)7-6-18-22-20(23-26-18)15-8-9-27-13-15/h1-5,8-9,13,16-17H,6-7,10-12,21H2/t16-,17+/m1/s1. The molecule has 1 saturated heterocycles. The highest BCUT2D eigenvalue weighted by atomic mass is 32.1. The lowest BCUT2D eigenvalue weighted by molar-refractivity contribution is -0.130. The van der Waals surface area contributed by atoms with Gasteiger partial charge in [0.2, 0.25) is 17.6 Å². The molecule has 0 saturated carbocycles. The number of amides is 1. The van der Waals surface area contributed by atoms with Crippen LogP contribution in [0.25, 0.3) is 11.4 Å². The predicted octanol–water partition coefficient (Wildman–Crippen LogP) is 2.93. The van der Waals surface area contributed by atoms with Crippen molar-refractivity contribution < 1.29 is 9.32 Å². The van der Waals surface area contributed by atoms with E-state index in [1.807, 2.05) is 39.9 Å². The molecule has 27 heavy (non-hydrogen) atoms. The molecule has 3 heterocycles. The van der Waals surface area contributed by atoms with Crippen LogP contribution in [-0.2, 0) is 11.2 Å². The number of aromatic nitrogens is 2. The number of thiophene rings is 1. The van der Waals surface area contributed by atoms with E-state index in [-0.39, 0.29) is 5.91 Å². The van der Waals surface area contributed by atoms with Crippen LogP contribution >= 0.6 is 11.3 Å². The summed E-state index contributed by atoms with van der Waals surface area (Å²) in [6.45, 7) is 2.00. The van der Waals surface area contributed by atoms with Crippen LogP contribution in [0.15, 0.2) is 51.7 Å². The van der Waals surface area contributed by atoms with Crippen LogP contribution in [0.3, 0.4) is 0 Å². The highest BCUT2D eigenvalue weighted by Gasteiger charge is 2.35. The molecule has 0 aliphatic carbocycles. The van der Waals surface area contributed by atoms with Crippen molar-refractivity contribution >= 4 is 17.2 Å². The van der Waals surface area contributed by atoms with Crippen molar-refractivity contribution in [2.75, 3.05) is 19.6 Å². The molecule has 2 N–H and O–H groups in total. The summed E-state index contributed by atoms with van der Waals surface area (Å²) < 4.78 is 5.29. The zero-order valence-corrected chi connectivity index (χ0v) is 15.8. The van der Waals surface area contributed by atoms with Crippen LogP contribution in [-0.4, -0.2) is 40.6 Å². The van der Waals surface area contributed by atoms with E-state index >= 15 is 0 Å². The monoisotopic (exact) mass is 382 g/mol. The molecular weight excluding hydrogens is 360 g/mol. The Morgan fingerprint density at radius 1 is 1.26 bits per heavy atom. The molecule has 0 unspecified atom stereocenters. The van der Waals surface area contributed by atoms with Crippen molar-refractivity contribution in [3.63, 3.8) is 0 Å². The summed E-state index contributed by atoms with van der Waals surface area (Å²) in [5.74, 6) is 1.78. The van der Waals surface area contributed by atoms with Gasteiger partial charge in [0.1, 0.15) is 0 Å². The van der Waals surface area contributed by atoms with E-state index in [4.69, 9.17) is 10.3 Å².